The summed E-state index contributed by atoms with van der Waals surface area (Å²) in [5.74, 6) is -0.0719. The first kappa shape index (κ1) is 11.9. The number of aromatic nitrogens is 2. The molecule has 0 aliphatic carbocycles. The molecule has 0 saturated carbocycles. The minimum atomic E-state index is -0.0719. The normalized spacial score (nSPS) is 12.5. The summed E-state index contributed by atoms with van der Waals surface area (Å²) in [5.41, 5.74) is 2.37. The SMILES string of the molecule is CC(NC(=O)c1ccc2nc[nH]c2c1)c1cccs1. The van der Waals surface area contributed by atoms with Crippen LogP contribution in [0.5, 0.6) is 0 Å². The van der Waals surface area contributed by atoms with E-state index in [4.69, 9.17) is 0 Å². The molecule has 1 amide bonds. The second kappa shape index (κ2) is 4.85. The van der Waals surface area contributed by atoms with Gasteiger partial charge in [0.1, 0.15) is 0 Å². The van der Waals surface area contributed by atoms with E-state index in [1.165, 1.54) is 0 Å². The highest BCUT2D eigenvalue weighted by molar-refractivity contribution is 7.10. The van der Waals surface area contributed by atoms with Crippen molar-refractivity contribution in [1.82, 2.24) is 15.3 Å². The average molecular weight is 271 g/mol. The van der Waals surface area contributed by atoms with Crippen molar-refractivity contribution in [2.45, 2.75) is 13.0 Å². The molecule has 1 unspecified atom stereocenters. The number of carbonyl (C=O) groups excluding carboxylic acids is 1. The van der Waals surface area contributed by atoms with E-state index in [0.717, 1.165) is 15.9 Å². The summed E-state index contributed by atoms with van der Waals surface area (Å²) >= 11 is 1.64. The fraction of sp³-hybridized carbons (Fsp3) is 0.143. The van der Waals surface area contributed by atoms with Crippen molar-refractivity contribution in [2.24, 2.45) is 0 Å². The van der Waals surface area contributed by atoms with Crippen LogP contribution in [0.15, 0.2) is 42.0 Å². The van der Waals surface area contributed by atoms with Gasteiger partial charge < -0.3 is 10.3 Å². The molecule has 4 nitrogen and oxygen atoms in total. The molecule has 1 atom stereocenters. The molecule has 1 aromatic carbocycles. The first-order chi connectivity index (χ1) is 9.24. The molecule has 2 N–H and O–H groups in total. The Hall–Kier alpha value is -2.14. The third-order valence-electron chi connectivity index (χ3n) is 3.00. The van der Waals surface area contributed by atoms with E-state index in [-0.39, 0.29) is 11.9 Å². The second-order valence-corrected chi connectivity index (χ2v) is 5.32. The van der Waals surface area contributed by atoms with E-state index in [2.05, 4.69) is 15.3 Å². The number of imidazole rings is 1. The molecule has 0 saturated heterocycles. The van der Waals surface area contributed by atoms with Gasteiger partial charge in [-0.05, 0) is 36.6 Å². The van der Waals surface area contributed by atoms with E-state index < -0.39 is 0 Å². The van der Waals surface area contributed by atoms with Crippen molar-refractivity contribution >= 4 is 28.3 Å². The van der Waals surface area contributed by atoms with E-state index in [0.29, 0.717) is 5.56 Å². The zero-order chi connectivity index (χ0) is 13.2. The number of hydrogen-bond acceptors (Lipinski definition) is 3. The van der Waals surface area contributed by atoms with Crippen LogP contribution in [0.2, 0.25) is 0 Å². The van der Waals surface area contributed by atoms with Gasteiger partial charge in [-0.2, -0.15) is 0 Å². The van der Waals surface area contributed by atoms with Gasteiger partial charge in [0.05, 0.1) is 23.4 Å². The Balaban J connectivity index is 1.79. The number of thiophene rings is 1. The number of nitrogens with zero attached hydrogens (tertiary/aromatic N) is 1. The Labute approximate surface area is 114 Å². The minimum absolute atomic E-state index is 0.0185. The zero-order valence-electron chi connectivity index (χ0n) is 10.4. The Morgan fingerprint density at radius 2 is 2.32 bits per heavy atom. The van der Waals surface area contributed by atoms with Gasteiger partial charge in [0.2, 0.25) is 0 Å². The topological polar surface area (TPSA) is 57.8 Å². The summed E-state index contributed by atoms with van der Waals surface area (Å²) in [7, 11) is 0. The number of aromatic amines is 1. The first-order valence-electron chi connectivity index (χ1n) is 6.01. The lowest BCUT2D eigenvalue weighted by Crippen LogP contribution is -2.26. The van der Waals surface area contributed by atoms with Crippen LogP contribution in [0, 0.1) is 0 Å². The summed E-state index contributed by atoms with van der Waals surface area (Å²) in [4.78, 5) is 20.5. The molecule has 0 fully saturated rings. The quantitative estimate of drug-likeness (QED) is 0.769. The third kappa shape index (κ3) is 2.37. The summed E-state index contributed by atoms with van der Waals surface area (Å²) in [6.07, 6.45) is 1.63. The van der Waals surface area contributed by atoms with Crippen molar-refractivity contribution in [3.63, 3.8) is 0 Å². The van der Waals surface area contributed by atoms with Crippen LogP contribution in [0.25, 0.3) is 11.0 Å². The summed E-state index contributed by atoms with van der Waals surface area (Å²) in [6, 6.07) is 9.48. The van der Waals surface area contributed by atoms with Crippen LogP contribution in [0.1, 0.15) is 28.2 Å². The molecule has 3 rings (SSSR count). The van der Waals surface area contributed by atoms with Crippen LogP contribution in [0.3, 0.4) is 0 Å². The van der Waals surface area contributed by atoms with Crippen molar-refractivity contribution in [2.75, 3.05) is 0 Å². The Bertz CT molecular complexity index is 702. The van der Waals surface area contributed by atoms with Gasteiger partial charge in [0, 0.05) is 10.4 Å². The summed E-state index contributed by atoms with van der Waals surface area (Å²) in [6.45, 7) is 1.98. The van der Waals surface area contributed by atoms with Crippen molar-refractivity contribution in [3.05, 3.63) is 52.5 Å². The lowest BCUT2D eigenvalue weighted by molar-refractivity contribution is 0.0940. The molecule has 0 aliphatic rings. The van der Waals surface area contributed by atoms with Gasteiger partial charge >= 0.3 is 0 Å². The van der Waals surface area contributed by atoms with Crippen LogP contribution in [-0.4, -0.2) is 15.9 Å². The smallest absolute Gasteiger partial charge is 0.251 e. The minimum Gasteiger partial charge on any atom is -0.345 e. The van der Waals surface area contributed by atoms with Crippen molar-refractivity contribution in [3.8, 4) is 0 Å². The Morgan fingerprint density at radius 3 is 3.11 bits per heavy atom. The van der Waals surface area contributed by atoms with E-state index in [9.17, 15) is 4.79 Å². The fourth-order valence-corrected chi connectivity index (χ4v) is 2.70. The molecule has 2 aromatic heterocycles. The lowest BCUT2D eigenvalue weighted by Gasteiger charge is -2.12. The number of nitrogens with one attached hydrogen (secondary N) is 2. The molecule has 3 aromatic rings. The number of benzene rings is 1. The average Bonchev–Trinajstić information content (AvgIpc) is 3.09. The molecule has 0 bridgehead atoms. The maximum Gasteiger partial charge on any atom is 0.251 e. The van der Waals surface area contributed by atoms with Crippen molar-refractivity contribution < 1.29 is 4.79 Å². The maximum atomic E-state index is 12.2. The van der Waals surface area contributed by atoms with Gasteiger partial charge in [0.25, 0.3) is 5.91 Å². The molecular weight excluding hydrogens is 258 g/mol. The number of rotatable bonds is 3. The molecule has 0 radical (unpaired) electrons. The van der Waals surface area contributed by atoms with Gasteiger partial charge in [-0.1, -0.05) is 6.07 Å². The van der Waals surface area contributed by atoms with E-state index >= 15 is 0 Å². The van der Waals surface area contributed by atoms with Gasteiger partial charge in [-0.25, -0.2) is 4.98 Å². The van der Waals surface area contributed by atoms with Gasteiger partial charge in [-0.15, -0.1) is 11.3 Å². The maximum absolute atomic E-state index is 12.2. The highest BCUT2D eigenvalue weighted by Gasteiger charge is 2.12. The number of H-pyrrole nitrogens is 1. The van der Waals surface area contributed by atoms with E-state index in [1.807, 2.05) is 36.6 Å². The zero-order valence-corrected chi connectivity index (χ0v) is 11.2. The lowest BCUT2D eigenvalue weighted by atomic mass is 10.1. The van der Waals surface area contributed by atoms with Gasteiger partial charge in [-0.3, -0.25) is 4.79 Å². The number of hydrogen-bond donors (Lipinski definition) is 2. The summed E-state index contributed by atoms with van der Waals surface area (Å²) < 4.78 is 0. The van der Waals surface area contributed by atoms with Crippen molar-refractivity contribution in [1.29, 1.82) is 0 Å². The fourth-order valence-electron chi connectivity index (χ4n) is 1.97. The molecule has 0 spiro atoms. The molecule has 19 heavy (non-hydrogen) atoms. The predicted octanol–water partition coefficient (Wildman–Crippen LogP) is 3.12. The Morgan fingerprint density at radius 1 is 1.42 bits per heavy atom. The largest absolute Gasteiger partial charge is 0.345 e. The standard InChI is InChI=1S/C14H13N3OS/c1-9(13-3-2-6-19-13)17-14(18)10-4-5-11-12(7-10)16-8-15-11/h2-9H,1H3,(H,15,16)(H,17,18). The predicted molar refractivity (Wildman–Crippen MR) is 76.3 cm³/mol. The Kier molecular flexibility index (Phi) is 3.05. The second-order valence-electron chi connectivity index (χ2n) is 4.35. The van der Waals surface area contributed by atoms with Crippen LogP contribution >= 0.6 is 11.3 Å². The molecular formula is C14H13N3OS. The third-order valence-corrected chi connectivity index (χ3v) is 4.06. The van der Waals surface area contributed by atoms with Crippen LogP contribution in [-0.2, 0) is 0 Å². The molecule has 96 valence electrons. The first-order valence-corrected chi connectivity index (χ1v) is 6.89. The number of amides is 1. The molecule has 2 heterocycles. The molecule has 5 heteroatoms. The van der Waals surface area contributed by atoms with Gasteiger partial charge in [0.15, 0.2) is 0 Å². The number of carbonyl (C=O) groups is 1. The van der Waals surface area contributed by atoms with Crippen LogP contribution in [0.4, 0.5) is 0 Å². The summed E-state index contributed by atoms with van der Waals surface area (Å²) in [5, 5.41) is 5.00. The van der Waals surface area contributed by atoms with Crippen LogP contribution < -0.4 is 5.32 Å². The monoisotopic (exact) mass is 271 g/mol. The van der Waals surface area contributed by atoms with E-state index in [1.54, 1.807) is 23.7 Å². The molecule has 0 aliphatic heterocycles. The highest BCUT2D eigenvalue weighted by atomic mass is 32.1. The highest BCUT2D eigenvalue weighted by Crippen LogP contribution is 2.19. The number of fused-ring (bicyclic) bond motifs is 1.